The molecule has 15 heavy (non-hydrogen) atoms. The van der Waals surface area contributed by atoms with Gasteiger partial charge in [-0.1, -0.05) is 0 Å². The van der Waals surface area contributed by atoms with Gasteiger partial charge in [-0.2, -0.15) is 0 Å². The number of pyridine rings is 1. The molecule has 0 fully saturated rings. The van der Waals surface area contributed by atoms with E-state index < -0.39 is 4.92 Å². The van der Waals surface area contributed by atoms with Crippen LogP contribution in [0.1, 0.15) is 6.42 Å². The van der Waals surface area contributed by atoms with E-state index in [0.717, 1.165) is 0 Å². The number of aliphatic hydroxyl groups excluding tert-OH is 1. The van der Waals surface area contributed by atoms with Crippen LogP contribution in [0.15, 0.2) is 21.8 Å². The summed E-state index contributed by atoms with van der Waals surface area (Å²) in [4.78, 5) is 14.5. The summed E-state index contributed by atoms with van der Waals surface area (Å²) in [6.45, 7) is 0.0868. The Kier molecular flexibility index (Phi) is 5.00. The lowest BCUT2D eigenvalue weighted by molar-refractivity contribution is -0.388. The van der Waals surface area contributed by atoms with Gasteiger partial charge in [-0.3, -0.25) is 15.1 Å². The Labute approximate surface area is 99.2 Å². The van der Waals surface area contributed by atoms with Crippen molar-refractivity contribution in [1.29, 1.82) is 0 Å². The second-order valence-electron chi connectivity index (χ2n) is 2.65. The van der Waals surface area contributed by atoms with Gasteiger partial charge in [0.1, 0.15) is 11.1 Å². The lowest BCUT2D eigenvalue weighted by Gasteiger charge is -2.03. The van der Waals surface area contributed by atoms with Crippen molar-refractivity contribution in [2.75, 3.05) is 12.4 Å². The summed E-state index contributed by atoms with van der Waals surface area (Å²) in [5.41, 5.74) is -0.00712. The van der Waals surface area contributed by atoms with Crippen molar-refractivity contribution in [3.8, 4) is 0 Å². The molecule has 1 rings (SSSR count). The van der Waals surface area contributed by atoms with Crippen LogP contribution in [-0.4, -0.2) is 27.4 Å². The van der Waals surface area contributed by atoms with Crippen LogP contribution in [0.5, 0.6) is 0 Å². The van der Waals surface area contributed by atoms with Crippen LogP contribution >= 0.6 is 27.7 Å². The monoisotopic (exact) mass is 292 g/mol. The van der Waals surface area contributed by atoms with Gasteiger partial charge in [0.2, 0.25) is 0 Å². The average molecular weight is 293 g/mol. The Morgan fingerprint density at radius 3 is 2.93 bits per heavy atom. The maximum atomic E-state index is 10.7. The lowest BCUT2D eigenvalue weighted by Crippen LogP contribution is -1.94. The smallest absolute Gasteiger partial charge is 0.302 e. The highest BCUT2D eigenvalue weighted by molar-refractivity contribution is 9.10. The summed E-state index contributed by atoms with van der Waals surface area (Å²) < 4.78 is 0.611. The predicted octanol–water partition coefficient (Wildman–Crippen LogP) is 2.23. The standard InChI is InChI=1S/C8H9BrN2O3S/c9-6-4-10-5-7(11(13)14)8(6)15-3-1-2-12/h4-5,12H,1-3H2. The third kappa shape index (κ3) is 3.44. The van der Waals surface area contributed by atoms with Crippen molar-refractivity contribution < 1.29 is 10.0 Å². The maximum absolute atomic E-state index is 10.7. The number of halogens is 1. The number of hydrogen-bond acceptors (Lipinski definition) is 5. The van der Waals surface area contributed by atoms with Gasteiger partial charge in [0.15, 0.2) is 0 Å². The van der Waals surface area contributed by atoms with E-state index in [0.29, 0.717) is 21.5 Å². The van der Waals surface area contributed by atoms with Crippen molar-refractivity contribution in [2.45, 2.75) is 11.3 Å². The van der Waals surface area contributed by atoms with E-state index in [9.17, 15) is 10.1 Å². The van der Waals surface area contributed by atoms with Crippen LogP contribution in [0.2, 0.25) is 0 Å². The number of thioether (sulfide) groups is 1. The van der Waals surface area contributed by atoms with Crippen LogP contribution in [-0.2, 0) is 0 Å². The Hall–Kier alpha value is -0.660. The van der Waals surface area contributed by atoms with Crippen molar-refractivity contribution in [3.05, 3.63) is 27.0 Å². The molecular formula is C8H9BrN2O3S. The Bertz CT molecular complexity index is 362. The van der Waals surface area contributed by atoms with Gasteiger partial charge in [-0.25, -0.2) is 0 Å². The van der Waals surface area contributed by atoms with Crippen LogP contribution < -0.4 is 0 Å². The highest BCUT2D eigenvalue weighted by Gasteiger charge is 2.17. The topological polar surface area (TPSA) is 76.3 Å². The molecule has 82 valence electrons. The molecule has 0 saturated heterocycles. The first kappa shape index (κ1) is 12.4. The third-order valence-electron chi connectivity index (χ3n) is 1.58. The molecule has 1 N–H and O–H groups in total. The zero-order valence-corrected chi connectivity index (χ0v) is 10.1. The molecule has 0 aliphatic rings. The number of nitrogens with zero attached hydrogens (tertiary/aromatic N) is 2. The Balaban J connectivity index is 2.87. The summed E-state index contributed by atoms with van der Waals surface area (Å²) in [6.07, 6.45) is 3.36. The van der Waals surface area contributed by atoms with Crippen molar-refractivity contribution in [3.63, 3.8) is 0 Å². The zero-order chi connectivity index (χ0) is 11.3. The molecule has 0 amide bonds. The minimum absolute atomic E-state index is 0.00712. The predicted molar refractivity (Wildman–Crippen MR) is 61.0 cm³/mol. The van der Waals surface area contributed by atoms with Crippen molar-refractivity contribution in [2.24, 2.45) is 0 Å². The van der Waals surface area contributed by atoms with E-state index in [-0.39, 0.29) is 12.3 Å². The minimum Gasteiger partial charge on any atom is -0.396 e. The number of hydrogen-bond donors (Lipinski definition) is 1. The van der Waals surface area contributed by atoms with Gasteiger partial charge in [0.05, 0.1) is 9.40 Å². The molecule has 0 radical (unpaired) electrons. The first-order chi connectivity index (χ1) is 7.16. The maximum Gasteiger partial charge on any atom is 0.302 e. The van der Waals surface area contributed by atoms with Crippen LogP contribution in [0, 0.1) is 10.1 Å². The molecule has 0 aliphatic carbocycles. The van der Waals surface area contributed by atoms with E-state index in [1.807, 2.05) is 0 Å². The SMILES string of the molecule is O=[N+]([O-])c1cncc(Br)c1SCCCO. The van der Waals surface area contributed by atoms with E-state index in [4.69, 9.17) is 5.11 Å². The Morgan fingerprint density at radius 2 is 2.33 bits per heavy atom. The Morgan fingerprint density at radius 1 is 1.60 bits per heavy atom. The van der Waals surface area contributed by atoms with Crippen molar-refractivity contribution >= 4 is 33.4 Å². The number of aliphatic hydroxyl groups is 1. The fraction of sp³-hybridized carbons (Fsp3) is 0.375. The molecule has 0 aromatic carbocycles. The molecule has 1 aromatic heterocycles. The highest BCUT2D eigenvalue weighted by atomic mass is 79.9. The van der Waals surface area contributed by atoms with E-state index in [1.165, 1.54) is 24.2 Å². The van der Waals surface area contributed by atoms with Crippen LogP contribution in [0.3, 0.4) is 0 Å². The molecule has 1 heterocycles. The molecule has 1 aromatic rings. The second-order valence-corrected chi connectivity index (χ2v) is 4.61. The van der Waals surface area contributed by atoms with Gasteiger partial charge in [0.25, 0.3) is 0 Å². The molecule has 0 spiro atoms. The lowest BCUT2D eigenvalue weighted by atomic mass is 10.4. The van der Waals surface area contributed by atoms with Gasteiger partial charge < -0.3 is 5.11 Å². The number of nitro groups is 1. The quantitative estimate of drug-likeness (QED) is 0.390. The fourth-order valence-corrected chi connectivity index (χ4v) is 2.53. The van der Waals surface area contributed by atoms with Gasteiger partial charge in [-0.05, 0) is 22.4 Å². The minimum atomic E-state index is -0.459. The summed E-state index contributed by atoms with van der Waals surface area (Å²) in [7, 11) is 0. The van der Waals surface area contributed by atoms with E-state index in [1.54, 1.807) is 0 Å². The molecule has 0 aliphatic heterocycles. The van der Waals surface area contributed by atoms with Crippen LogP contribution in [0.4, 0.5) is 5.69 Å². The largest absolute Gasteiger partial charge is 0.396 e. The molecule has 5 nitrogen and oxygen atoms in total. The summed E-state index contributed by atoms with van der Waals surface area (Å²) in [6, 6.07) is 0. The highest BCUT2D eigenvalue weighted by Crippen LogP contribution is 2.34. The van der Waals surface area contributed by atoms with E-state index in [2.05, 4.69) is 20.9 Å². The van der Waals surface area contributed by atoms with Gasteiger partial charge in [-0.15, -0.1) is 11.8 Å². The van der Waals surface area contributed by atoms with Gasteiger partial charge in [0, 0.05) is 18.6 Å². The first-order valence-corrected chi connectivity index (χ1v) is 5.96. The second kappa shape index (κ2) is 6.04. The first-order valence-electron chi connectivity index (χ1n) is 4.18. The fourth-order valence-electron chi connectivity index (χ4n) is 0.925. The summed E-state index contributed by atoms with van der Waals surface area (Å²) in [5.74, 6) is 0.639. The zero-order valence-electron chi connectivity index (χ0n) is 7.72. The molecule has 0 bridgehead atoms. The summed E-state index contributed by atoms with van der Waals surface area (Å²) >= 11 is 4.56. The molecule has 0 atom stereocenters. The average Bonchev–Trinajstić information content (AvgIpc) is 2.20. The third-order valence-corrected chi connectivity index (χ3v) is 3.65. The normalized spacial score (nSPS) is 10.3. The van der Waals surface area contributed by atoms with Crippen molar-refractivity contribution in [1.82, 2.24) is 4.98 Å². The molecular weight excluding hydrogens is 284 g/mol. The number of rotatable bonds is 5. The molecule has 7 heteroatoms. The van der Waals surface area contributed by atoms with Gasteiger partial charge >= 0.3 is 5.69 Å². The van der Waals surface area contributed by atoms with E-state index >= 15 is 0 Å². The number of aromatic nitrogens is 1. The van der Waals surface area contributed by atoms with Crippen LogP contribution in [0.25, 0.3) is 0 Å². The summed E-state index contributed by atoms with van der Waals surface area (Å²) in [5, 5.41) is 19.3. The molecule has 0 saturated carbocycles. The molecule has 0 unspecified atom stereocenters.